The summed E-state index contributed by atoms with van der Waals surface area (Å²) in [7, 11) is 1.43. The predicted molar refractivity (Wildman–Crippen MR) is 98.6 cm³/mol. The zero-order valence-corrected chi connectivity index (χ0v) is 15.2. The van der Waals surface area contributed by atoms with E-state index in [-0.39, 0.29) is 30.6 Å². The first-order valence-corrected chi connectivity index (χ1v) is 9.35. The zero-order chi connectivity index (χ0) is 18.1. The highest BCUT2D eigenvalue weighted by Crippen LogP contribution is 2.59. The summed E-state index contributed by atoms with van der Waals surface area (Å²) in [4.78, 5) is 19.0. The number of H-pyrrole nitrogens is 1. The summed E-state index contributed by atoms with van der Waals surface area (Å²) in [6.07, 6.45) is 3.72. The maximum Gasteiger partial charge on any atom is 0.316 e. The maximum absolute atomic E-state index is 12.9. The Morgan fingerprint density at radius 1 is 1.46 bits per heavy atom. The standard InChI is InChI=1S/C21H24N2O3/c1-3-12-10-23-17-9-15(12)21(11-24,20(25)26-2)18(23)8-14-13-6-4-5-7-16(13)22-19(14)17/h3-7,15,17-18,22,24H,8-11H2,1-2H3/b12-3+/t15-,17-,18?,21-/m0/s1. The highest BCUT2D eigenvalue weighted by molar-refractivity contribution is 5.86. The molecule has 1 aromatic carbocycles. The lowest BCUT2D eigenvalue weighted by Crippen LogP contribution is -2.69. The van der Waals surface area contributed by atoms with Crippen molar-refractivity contribution in [2.45, 2.75) is 31.8 Å². The average Bonchev–Trinajstić information content (AvgIpc) is 3.06. The number of rotatable bonds is 2. The van der Waals surface area contributed by atoms with E-state index in [0.717, 1.165) is 24.9 Å². The maximum atomic E-state index is 12.9. The number of aromatic amines is 1. The Labute approximate surface area is 152 Å². The second-order valence-electron chi connectivity index (χ2n) is 7.81. The number of aliphatic hydroxyl groups is 1. The van der Waals surface area contributed by atoms with Gasteiger partial charge in [-0.3, -0.25) is 9.69 Å². The van der Waals surface area contributed by atoms with Crippen molar-refractivity contribution >= 4 is 16.9 Å². The van der Waals surface area contributed by atoms with Crippen LogP contribution in [-0.2, 0) is 16.0 Å². The van der Waals surface area contributed by atoms with Crippen LogP contribution in [0.4, 0.5) is 0 Å². The molecule has 0 saturated carbocycles. The number of carbonyl (C=O) groups excluding carboxylic acids is 1. The first-order valence-electron chi connectivity index (χ1n) is 9.35. The summed E-state index contributed by atoms with van der Waals surface area (Å²) in [5, 5.41) is 11.7. The molecule has 4 aliphatic rings. The highest BCUT2D eigenvalue weighted by atomic mass is 16.5. The third-order valence-corrected chi connectivity index (χ3v) is 7.06. The van der Waals surface area contributed by atoms with Crippen LogP contribution in [0.25, 0.3) is 10.9 Å². The number of aromatic nitrogens is 1. The van der Waals surface area contributed by atoms with E-state index in [1.807, 2.05) is 13.0 Å². The molecular formula is C21H24N2O3. The van der Waals surface area contributed by atoms with Gasteiger partial charge in [-0.1, -0.05) is 29.8 Å². The number of hydrogen-bond donors (Lipinski definition) is 2. The van der Waals surface area contributed by atoms with Gasteiger partial charge in [0, 0.05) is 35.1 Å². The molecule has 1 aromatic heterocycles. The number of nitrogens with one attached hydrogen (secondary N) is 1. The van der Waals surface area contributed by atoms with Gasteiger partial charge in [-0.15, -0.1) is 0 Å². The van der Waals surface area contributed by atoms with Crippen molar-refractivity contribution in [3.63, 3.8) is 0 Å². The summed E-state index contributed by atoms with van der Waals surface area (Å²) in [6, 6.07) is 8.61. The lowest BCUT2D eigenvalue weighted by atomic mass is 9.55. The number of allylic oxidation sites excluding steroid dienone is 1. The summed E-state index contributed by atoms with van der Waals surface area (Å²) in [6.45, 7) is 2.72. The van der Waals surface area contributed by atoms with E-state index in [9.17, 15) is 9.90 Å². The van der Waals surface area contributed by atoms with Crippen LogP contribution < -0.4 is 0 Å². The van der Waals surface area contributed by atoms with Gasteiger partial charge in [0.15, 0.2) is 0 Å². The third kappa shape index (κ3) is 1.75. The predicted octanol–water partition coefficient (Wildman–Crippen LogP) is 2.57. The number of nitrogens with zero attached hydrogens (tertiary/aromatic N) is 1. The molecule has 0 radical (unpaired) electrons. The largest absolute Gasteiger partial charge is 0.468 e. The number of benzene rings is 1. The van der Waals surface area contributed by atoms with Gasteiger partial charge >= 0.3 is 5.97 Å². The van der Waals surface area contributed by atoms with E-state index >= 15 is 0 Å². The first-order chi connectivity index (χ1) is 12.7. The molecule has 3 fully saturated rings. The van der Waals surface area contributed by atoms with Crippen molar-refractivity contribution in [3.8, 4) is 0 Å². The number of fused-ring (bicyclic) bond motifs is 4. The number of piperidine rings is 3. The highest BCUT2D eigenvalue weighted by Gasteiger charge is 2.64. The topological polar surface area (TPSA) is 65.6 Å². The van der Waals surface area contributed by atoms with Crippen LogP contribution >= 0.6 is 0 Å². The molecular weight excluding hydrogens is 328 g/mol. The number of methoxy groups -OCH3 is 1. The van der Waals surface area contributed by atoms with Crippen LogP contribution in [0.5, 0.6) is 0 Å². The second-order valence-corrected chi connectivity index (χ2v) is 7.81. The normalized spacial score (nSPS) is 36.3. The van der Waals surface area contributed by atoms with Crippen LogP contribution in [0.3, 0.4) is 0 Å². The van der Waals surface area contributed by atoms with Crippen molar-refractivity contribution in [1.82, 2.24) is 9.88 Å². The molecule has 2 unspecified atom stereocenters. The van der Waals surface area contributed by atoms with Gasteiger partial charge < -0.3 is 14.8 Å². The molecule has 3 saturated heterocycles. The minimum Gasteiger partial charge on any atom is -0.468 e. The third-order valence-electron chi connectivity index (χ3n) is 7.06. The molecule has 6 rings (SSSR count). The van der Waals surface area contributed by atoms with Gasteiger partial charge in [0.05, 0.1) is 19.8 Å². The fraction of sp³-hybridized carbons (Fsp3) is 0.476. The van der Waals surface area contributed by atoms with Crippen molar-refractivity contribution < 1.29 is 14.6 Å². The summed E-state index contributed by atoms with van der Waals surface area (Å²) in [5.74, 6) is -0.245. The molecule has 0 aliphatic carbocycles. The summed E-state index contributed by atoms with van der Waals surface area (Å²) in [5.41, 5.74) is 4.12. The smallest absolute Gasteiger partial charge is 0.316 e. The number of esters is 1. The van der Waals surface area contributed by atoms with Crippen LogP contribution in [0.2, 0.25) is 0 Å². The average molecular weight is 352 g/mol. The molecule has 5 heterocycles. The Kier molecular flexibility index (Phi) is 3.37. The minimum atomic E-state index is -0.874. The van der Waals surface area contributed by atoms with Crippen LogP contribution in [0.15, 0.2) is 35.9 Å². The zero-order valence-electron chi connectivity index (χ0n) is 15.2. The fourth-order valence-corrected chi connectivity index (χ4v) is 5.88. The number of hydrogen-bond acceptors (Lipinski definition) is 4. The SMILES string of the molecule is C/C=C1\CN2C3Cc4c([nH]c5ccccc45)[C@@H]2C[C@@H]1[C@]3(CO)C(=O)OC. The van der Waals surface area contributed by atoms with Gasteiger partial charge in [-0.05, 0) is 31.4 Å². The monoisotopic (exact) mass is 352 g/mol. The summed E-state index contributed by atoms with van der Waals surface area (Å²) < 4.78 is 5.22. The van der Waals surface area contributed by atoms with E-state index in [2.05, 4.69) is 34.2 Å². The fourth-order valence-electron chi connectivity index (χ4n) is 5.88. The minimum absolute atomic E-state index is 0.0286. The molecule has 2 N–H and O–H groups in total. The molecule has 136 valence electrons. The molecule has 5 nitrogen and oxygen atoms in total. The van der Waals surface area contributed by atoms with Crippen LogP contribution in [0, 0.1) is 11.3 Å². The molecule has 26 heavy (non-hydrogen) atoms. The molecule has 5 heteroatoms. The van der Waals surface area contributed by atoms with Gasteiger partial charge in [0.2, 0.25) is 0 Å². The lowest BCUT2D eigenvalue weighted by molar-refractivity contribution is -0.183. The van der Waals surface area contributed by atoms with Gasteiger partial charge in [-0.2, -0.15) is 0 Å². The van der Waals surface area contributed by atoms with Gasteiger partial charge in [0.25, 0.3) is 0 Å². The molecule has 5 atom stereocenters. The Morgan fingerprint density at radius 2 is 2.27 bits per heavy atom. The van der Waals surface area contributed by atoms with E-state index in [1.165, 1.54) is 29.3 Å². The van der Waals surface area contributed by atoms with E-state index < -0.39 is 5.41 Å². The molecule has 2 aromatic rings. The van der Waals surface area contributed by atoms with Crippen LogP contribution in [0.1, 0.15) is 30.6 Å². The Hall–Kier alpha value is -2.11. The lowest BCUT2D eigenvalue weighted by Gasteiger charge is -2.62. The Balaban J connectivity index is 1.73. The van der Waals surface area contributed by atoms with Crippen molar-refractivity contribution in [3.05, 3.63) is 47.2 Å². The molecule has 4 bridgehead atoms. The molecule has 0 spiro atoms. The number of aliphatic hydroxyl groups excluding tert-OH is 1. The van der Waals surface area contributed by atoms with E-state index in [0.29, 0.717) is 0 Å². The summed E-state index contributed by atoms with van der Waals surface area (Å²) >= 11 is 0. The van der Waals surface area contributed by atoms with Gasteiger partial charge in [-0.25, -0.2) is 0 Å². The number of ether oxygens (including phenoxy) is 1. The van der Waals surface area contributed by atoms with Crippen LogP contribution in [-0.4, -0.2) is 47.3 Å². The van der Waals surface area contributed by atoms with Crippen molar-refractivity contribution in [2.24, 2.45) is 11.3 Å². The first kappa shape index (κ1) is 16.1. The molecule has 4 aliphatic heterocycles. The molecule has 0 amide bonds. The quantitative estimate of drug-likeness (QED) is 0.644. The van der Waals surface area contributed by atoms with E-state index in [1.54, 1.807) is 0 Å². The number of carbonyl (C=O) groups is 1. The second kappa shape index (κ2) is 5.44. The Morgan fingerprint density at radius 3 is 3.00 bits per heavy atom. The number of para-hydroxylation sites is 1. The van der Waals surface area contributed by atoms with Crippen molar-refractivity contribution in [2.75, 3.05) is 20.3 Å². The Bertz CT molecular complexity index is 930. The van der Waals surface area contributed by atoms with Crippen molar-refractivity contribution in [1.29, 1.82) is 0 Å². The van der Waals surface area contributed by atoms with E-state index in [4.69, 9.17) is 4.74 Å². The van der Waals surface area contributed by atoms with Gasteiger partial charge in [0.1, 0.15) is 5.41 Å².